The van der Waals surface area contributed by atoms with E-state index in [1.807, 2.05) is 0 Å². The molecule has 2 amide bonds. The molecule has 0 radical (unpaired) electrons. The molecule has 1 saturated carbocycles. The number of primary amides is 1. The minimum absolute atomic E-state index is 0.0254. The summed E-state index contributed by atoms with van der Waals surface area (Å²) in [5.41, 5.74) is 6.41. The third-order valence-corrected chi connectivity index (χ3v) is 6.43. The molecule has 0 unspecified atom stereocenters. The van der Waals surface area contributed by atoms with Crippen LogP contribution in [0.2, 0.25) is 0 Å². The molecule has 35 heavy (non-hydrogen) atoms. The predicted octanol–water partition coefficient (Wildman–Crippen LogP) is -1.13. The third-order valence-electron chi connectivity index (χ3n) is 6.43. The minimum Gasteiger partial charge on any atom is -0.388 e. The largest absolute Gasteiger partial charge is 0.388 e. The van der Waals surface area contributed by atoms with Crippen molar-refractivity contribution in [2.75, 3.05) is 18.5 Å². The van der Waals surface area contributed by atoms with Crippen LogP contribution in [0.25, 0.3) is 17.1 Å². The highest BCUT2D eigenvalue weighted by atomic mass is 16.5. The van der Waals surface area contributed by atoms with Crippen LogP contribution in [0.4, 0.5) is 5.82 Å². The number of anilines is 1. The Morgan fingerprint density at radius 1 is 1.29 bits per heavy atom. The highest BCUT2D eigenvalue weighted by Crippen LogP contribution is 2.34. The number of aliphatic hydroxyl groups is 2. The van der Waals surface area contributed by atoms with Gasteiger partial charge in [0.25, 0.3) is 11.9 Å². The van der Waals surface area contributed by atoms with E-state index in [0.29, 0.717) is 30.2 Å². The second-order valence-electron chi connectivity index (χ2n) is 8.75. The van der Waals surface area contributed by atoms with Gasteiger partial charge in [0.1, 0.15) is 12.2 Å². The second kappa shape index (κ2) is 9.20. The van der Waals surface area contributed by atoms with Gasteiger partial charge >= 0.3 is 0 Å². The molecule has 6 N–H and O–H groups in total. The zero-order valence-corrected chi connectivity index (χ0v) is 19.0. The molecule has 14 heteroatoms. The summed E-state index contributed by atoms with van der Waals surface area (Å²) in [6, 6.07) is -1.18. The van der Waals surface area contributed by atoms with Crippen molar-refractivity contribution in [2.45, 2.75) is 56.5 Å². The maximum Gasteiger partial charge on any atom is 0.254 e. The smallest absolute Gasteiger partial charge is 0.254 e. The minimum atomic E-state index is -1.15. The number of carbonyl (C=O) groups is 2. The molecule has 5 atom stereocenters. The number of amides is 2. The molecule has 3 aromatic rings. The van der Waals surface area contributed by atoms with Crippen LogP contribution in [-0.4, -0.2) is 88.8 Å². The second-order valence-corrected chi connectivity index (χ2v) is 8.75. The van der Waals surface area contributed by atoms with Crippen molar-refractivity contribution in [3.8, 4) is 5.95 Å². The van der Waals surface area contributed by atoms with E-state index < -0.39 is 30.2 Å². The van der Waals surface area contributed by atoms with Gasteiger partial charge in [-0.05, 0) is 12.8 Å². The number of fused-ring (bicyclic) bond motifs is 1. The Hall–Kier alpha value is -3.62. The van der Waals surface area contributed by atoms with Crippen LogP contribution in [-0.2, 0) is 9.53 Å². The molecule has 1 aliphatic carbocycles. The molecule has 0 bridgehead atoms. The molecule has 4 heterocycles. The number of nitrogens with zero attached hydrogens (tertiary/aromatic N) is 6. The molecule has 0 spiro atoms. The molecule has 186 valence electrons. The third kappa shape index (κ3) is 4.31. The average molecular weight is 486 g/mol. The van der Waals surface area contributed by atoms with E-state index >= 15 is 0 Å². The molecule has 2 aliphatic rings. The number of imidazole rings is 1. The van der Waals surface area contributed by atoms with E-state index in [4.69, 9.17) is 10.5 Å². The number of nitrogens with two attached hydrogens (primary N) is 1. The van der Waals surface area contributed by atoms with Crippen molar-refractivity contribution in [1.29, 1.82) is 0 Å². The van der Waals surface area contributed by atoms with Crippen LogP contribution in [0.5, 0.6) is 0 Å². The number of nitrogens with one attached hydrogen (secondary N) is 2. The summed E-state index contributed by atoms with van der Waals surface area (Å²) >= 11 is 0. The summed E-state index contributed by atoms with van der Waals surface area (Å²) < 4.78 is 8.45. The monoisotopic (exact) mass is 485 g/mol. The Bertz CT molecular complexity index is 1250. The first-order valence-corrected chi connectivity index (χ1v) is 11.4. The SMILES string of the molecule is CCC(=O)N[C@H]1C[C@@H](n2cnc3c(N[C@@H]4CCOC4)nc(-n4cc(C(N)=O)cn4)nc32)[C@H](O)[C@@H]1O. The molecule has 1 saturated heterocycles. The maximum atomic E-state index is 11.9. The fourth-order valence-corrected chi connectivity index (χ4v) is 4.49. The lowest BCUT2D eigenvalue weighted by Gasteiger charge is -2.19. The molecule has 5 rings (SSSR count). The number of ether oxygens (including phenoxy) is 1. The molecule has 14 nitrogen and oxygen atoms in total. The Labute approximate surface area is 199 Å². The number of carbonyl (C=O) groups excluding carboxylic acids is 2. The molecular formula is C21H27N9O5. The molecular weight excluding hydrogens is 458 g/mol. The number of hydrogen-bond acceptors (Lipinski definition) is 10. The van der Waals surface area contributed by atoms with Gasteiger partial charge in [-0.3, -0.25) is 9.59 Å². The highest BCUT2D eigenvalue weighted by molar-refractivity contribution is 5.92. The fourth-order valence-electron chi connectivity index (χ4n) is 4.49. The van der Waals surface area contributed by atoms with Gasteiger partial charge in [0.05, 0.1) is 42.8 Å². The quantitative estimate of drug-likeness (QED) is 0.273. The van der Waals surface area contributed by atoms with Crippen molar-refractivity contribution < 1.29 is 24.5 Å². The van der Waals surface area contributed by atoms with Crippen LogP contribution in [0.15, 0.2) is 18.7 Å². The van der Waals surface area contributed by atoms with Crippen LogP contribution in [0.1, 0.15) is 42.6 Å². The summed E-state index contributed by atoms with van der Waals surface area (Å²) in [6.45, 7) is 2.86. The first-order valence-electron chi connectivity index (χ1n) is 11.4. The normalized spacial score (nSPS) is 26.3. The van der Waals surface area contributed by atoms with Gasteiger partial charge in [-0.15, -0.1) is 0 Å². The Kier molecular flexibility index (Phi) is 6.08. The van der Waals surface area contributed by atoms with Crippen molar-refractivity contribution in [3.05, 3.63) is 24.3 Å². The van der Waals surface area contributed by atoms with E-state index in [0.717, 1.165) is 6.42 Å². The molecule has 1 aliphatic heterocycles. The van der Waals surface area contributed by atoms with Crippen LogP contribution in [0.3, 0.4) is 0 Å². The Morgan fingerprint density at radius 2 is 2.11 bits per heavy atom. The average Bonchev–Trinajstić information content (AvgIpc) is 3.63. The van der Waals surface area contributed by atoms with Gasteiger partial charge < -0.3 is 35.9 Å². The first-order chi connectivity index (χ1) is 16.9. The van der Waals surface area contributed by atoms with Crippen molar-refractivity contribution in [1.82, 2.24) is 34.6 Å². The van der Waals surface area contributed by atoms with Gasteiger partial charge in [-0.25, -0.2) is 9.67 Å². The lowest BCUT2D eigenvalue weighted by atomic mass is 10.2. The fraction of sp³-hybridized carbons (Fsp3) is 0.524. The number of rotatable bonds is 7. The van der Waals surface area contributed by atoms with E-state index in [1.165, 1.54) is 23.4 Å². The lowest BCUT2D eigenvalue weighted by Crippen LogP contribution is -2.42. The van der Waals surface area contributed by atoms with E-state index in [2.05, 4.69) is 30.7 Å². The molecule has 3 aromatic heterocycles. The number of aliphatic hydroxyl groups excluding tert-OH is 2. The van der Waals surface area contributed by atoms with E-state index in [-0.39, 0.29) is 36.3 Å². The standard InChI is InChI=1S/C21H27N9O5/c1-2-14(31)26-12-5-13(17(33)16(12)32)29-9-23-15-19(25-11-3-4-35-8-11)27-21(28-20(15)29)30-7-10(6-24-30)18(22)34/h6-7,9,11-13,16-17,32-33H,2-5,8H2,1H3,(H2,22,34)(H,26,31)(H,25,27,28)/t11-,12+,13-,16-,17+/m1/s1. The zero-order chi connectivity index (χ0) is 24.7. The maximum absolute atomic E-state index is 11.9. The number of hydrogen-bond donors (Lipinski definition) is 5. The number of aromatic nitrogens is 6. The van der Waals surface area contributed by atoms with Crippen LogP contribution in [0, 0.1) is 0 Å². The van der Waals surface area contributed by atoms with E-state index in [1.54, 1.807) is 11.5 Å². The topological polar surface area (TPSA) is 195 Å². The Morgan fingerprint density at radius 3 is 2.80 bits per heavy atom. The zero-order valence-electron chi connectivity index (χ0n) is 19.0. The highest BCUT2D eigenvalue weighted by Gasteiger charge is 2.43. The Balaban J connectivity index is 1.56. The van der Waals surface area contributed by atoms with Crippen LogP contribution >= 0.6 is 0 Å². The molecule has 0 aromatic carbocycles. The van der Waals surface area contributed by atoms with Gasteiger partial charge in [-0.2, -0.15) is 15.1 Å². The van der Waals surface area contributed by atoms with Gasteiger partial charge in [0.15, 0.2) is 17.0 Å². The lowest BCUT2D eigenvalue weighted by molar-refractivity contribution is -0.122. The van der Waals surface area contributed by atoms with Crippen LogP contribution < -0.4 is 16.4 Å². The van der Waals surface area contributed by atoms with Gasteiger partial charge in [-0.1, -0.05) is 6.92 Å². The summed E-state index contributed by atoms with van der Waals surface area (Å²) in [6.07, 6.45) is 3.33. The summed E-state index contributed by atoms with van der Waals surface area (Å²) in [4.78, 5) is 37.1. The van der Waals surface area contributed by atoms with E-state index in [9.17, 15) is 19.8 Å². The van der Waals surface area contributed by atoms with Crippen molar-refractivity contribution >= 4 is 28.8 Å². The van der Waals surface area contributed by atoms with Crippen molar-refractivity contribution in [2.24, 2.45) is 5.73 Å². The summed E-state index contributed by atoms with van der Waals surface area (Å²) in [5, 5.41) is 31.6. The summed E-state index contributed by atoms with van der Waals surface area (Å²) in [5.74, 6) is -0.237. The van der Waals surface area contributed by atoms with Gasteiger partial charge in [0.2, 0.25) is 5.91 Å². The van der Waals surface area contributed by atoms with Crippen molar-refractivity contribution in [3.63, 3.8) is 0 Å². The predicted molar refractivity (Wildman–Crippen MR) is 122 cm³/mol. The molecule has 2 fully saturated rings. The first kappa shape index (κ1) is 23.1. The van der Waals surface area contributed by atoms with Gasteiger partial charge in [0, 0.05) is 19.2 Å². The summed E-state index contributed by atoms with van der Waals surface area (Å²) in [7, 11) is 0.